The van der Waals surface area contributed by atoms with Crippen molar-refractivity contribution in [3.8, 4) is 0 Å². The number of carboxylic acid groups (broad SMARTS) is 1. The monoisotopic (exact) mass is 555 g/mol. The summed E-state index contributed by atoms with van der Waals surface area (Å²) in [5.41, 5.74) is -0.460. The highest BCUT2D eigenvalue weighted by atomic mass is 35.5. The Morgan fingerprint density at radius 2 is 1.71 bits per heavy atom. The van der Waals surface area contributed by atoms with E-state index in [1.165, 1.54) is 11.0 Å². The van der Waals surface area contributed by atoms with Gasteiger partial charge in [0.05, 0.1) is 16.6 Å². The Kier molecular flexibility index (Phi) is 6.21. The molecular formula is C24H21Cl4N3O4. The van der Waals surface area contributed by atoms with Crippen molar-refractivity contribution in [3.63, 3.8) is 0 Å². The van der Waals surface area contributed by atoms with Crippen molar-refractivity contribution in [1.82, 2.24) is 4.90 Å². The minimum atomic E-state index is -1.62. The largest absolute Gasteiger partial charge is 0.481 e. The number of aliphatic carboxylic acids is 1. The molecule has 2 fully saturated rings. The molecule has 0 saturated carbocycles. The van der Waals surface area contributed by atoms with Crippen LogP contribution >= 0.6 is 46.4 Å². The fourth-order valence-corrected chi connectivity index (χ4v) is 7.13. The Morgan fingerprint density at radius 1 is 1.06 bits per heavy atom. The fourth-order valence-electron chi connectivity index (χ4n) is 6.08. The highest BCUT2D eigenvalue weighted by Gasteiger charge is 2.71. The Hall–Kier alpha value is -2.03. The van der Waals surface area contributed by atoms with Gasteiger partial charge in [0.2, 0.25) is 5.91 Å². The van der Waals surface area contributed by atoms with Crippen LogP contribution in [0.4, 0.5) is 11.4 Å². The van der Waals surface area contributed by atoms with Gasteiger partial charge < -0.3 is 15.3 Å². The van der Waals surface area contributed by atoms with Crippen LogP contribution in [0.1, 0.15) is 24.8 Å². The van der Waals surface area contributed by atoms with Gasteiger partial charge >= 0.3 is 5.97 Å². The molecule has 2 amide bonds. The molecule has 3 aliphatic rings. The second kappa shape index (κ2) is 8.82. The molecule has 4 atom stereocenters. The summed E-state index contributed by atoms with van der Waals surface area (Å²) < 4.78 is 0. The molecule has 0 radical (unpaired) electrons. The van der Waals surface area contributed by atoms with Crippen LogP contribution in [0, 0.1) is 11.8 Å². The van der Waals surface area contributed by atoms with Crippen LogP contribution in [0.25, 0.3) is 0 Å². The zero-order valence-corrected chi connectivity index (χ0v) is 21.5. The number of hydrogen-bond donors (Lipinski definition) is 2. The van der Waals surface area contributed by atoms with Crippen molar-refractivity contribution < 1.29 is 19.5 Å². The molecule has 11 heteroatoms. The number of carbonyl (C=O) groups is 3. The van der Waals surface area contributed by atoms with Gasteiger partial charge in [0.25, 0.3) is 5.91 Å². The number of fused-ring (bicyclic) bond motifs is 4. The van der Waals surface area contributed by atoms with Crippen molar-refractivity contribution in [2.45, 2.75) is 30.8 Å². The second-order valence-electron chi connectivity index (χ2n) is 9.15. The number of carbonyl (C=O) groups excluding carboxylic acids is 2. The zero-order chi connectivity index (χ0) is 25.2. The van der Waals surface area contributed by atoms with Gasteiger partial charge in [-0.15, -0.1) is 0 Å². The second-order valence-corrected chi connectivity index (χ2v) is 10.9. The number of nitrogens with one attached hydrogen (secondary N) is 1. The normalized spacial score (nSPS) is 27.5. The van der Waals surface area contributed by atoms with Gasteiger partial charge in [0, 0.05) is 39.4 Å². The molecule has 2 N–H and O–H groups in total. The maximum atomic E-state index is 14.0. The van der Waals surface area contributed by atoms with Gasteiger partial charge in [0.1, 0.15) is 11.5 Å². The molecule has 0 bridgehead atoms. The molecule has 0 aliphatic carbocycles. The van der Waals surface area contributed by atoms with E-state index in [9.17, 15) is 19.5 Å². The zero-order valence-electron chi connectivity index (χ0n) is 18.5. The molecular weight excluding hydrogens is 536 g/mol. The molecule has 0 aromatic heterocycles. The topological polar surface area (TPSA) is 90.0 Å². The number of hydrogen-bond acceptors (Lipinski definition) is 4. The fraction of sp³-hybridized carbons (Fsp3) is 0.375. The van der Waals surface area contributed by atoms with Crippen LogP contribution in [0.15, 0.2) is 30.3 Å². The first-order valence-electron chi connectivity index (χ1n) is 11.1. The third kappa shape index (κ3) is 3.63. The van der Waals surface area contributed by atoms with Crippen LogP contribution < -0.4 is 10.2 Å². The Labute approximate surface area is 221 Å². The summed E-state index contributed by atoms with van der Waals surface area (Å²) in [5, 5.41) is 14.5. The van der Waals surface area contributed by atoms with Gasteiger partial charge in [0.15, 0.2) is 0 Å². The number of halogens is 4. The summed E-state index contributed by atoms with van der Waals surface area (Å²) in [6.07, 6.45) is 2.15. The quantitative estimate of drug-likeness (QED) is 0.535. The van der Waals surface area contributed by atoms with E-state index >= 15 is 0 Å². The summed E-state index contributed by atoms with van der Waals surface area (Å²) in [7, 11) is 1.55. The van der Waals surface area contributed by atoms with Crippen LogP contribution in [0.2, 0.25) is 20.1 Å². The molecule has 184 valence electrons. The maximum absolute atomic E-state index is 14.0. The highest BCUT2D eigenvalue weighted by molar-refractivity contribution is 6.38. The first kappa shape index (κ1) is 24.7. The number of amides is 2. The van der Waals surface area contributed by atoms with Crippen LogP contribution in [0.3, 0.4) is 0 Å². The molecule has 3 heterocycles. The molecule has 35 heavy (non-hydrogen) atoms. The van der Waals surface area contributed by atoms with Crippen molar-refractivity contribution >= 4 is 75.6 Å². The lowest BCUT2D eigenvalue weighted by atomic mass is 9.74. The summed E-state index contributed by atoms with van der Waals surface area (Å²) in [6, 6.07) is 7.33. The minimum absolute atomic E-state index is 0.218. The van der Waals surface area contributed by atoms with Gasteiger partial charge in [-0.2, -0.15) is 0 Å². The van der Waals surface area contributed by atoms with E-state index in [2.05, 4.69) is 5.32 Å². The standard InChI is InChI=1S/C24H21Cl4N3O4/c1-30(14-7-11(25)6-12(26)8-14)21(32)18-17-4-2-3-5-31(17)24(19(18)22(33)34)15-9-13(27)10-16(28)20(15)29-23(24)35/h6-10,17-19H,2-5H2,1H3,(H,29,35)(H,33,34)/t17-,18+,19-,24+/m1/s1. The molecule has 3 aliphatic heterocycles. The molecule has 5 rings (SSSR count). The van der Waals surface area contributed by atoms with Gasteiger partial charge in [-0.25, -0.2) is 0 Å². The third-order valence-corrected chi connectivity index (χ3v) is 8.35. The average molecular weight is 557 g/mol. The van der Waals surface area contributed by atoms with E-state index in [1.54, 1.807) is 31.3 Å². The van der Waals surface area contributed by atoms with E-state index in [0.717, 1.165) is 12.8 Å². The molecule has 0 unspecified atom stereocenters. The van der Waals surface area contributed by atoms with Gasteiger partial charge in [-0.05, 0) is 49.7 Å². The summed E-state index contributed by atoms with van der Waals surface area (Å²) in [4.78, 5) is 43.9. The Balaban J connectivity index is 1.69. The van der Waals surface area contributed by atoms with Crippen molar-refractivity contribution in [2.75, 3.05) is 23.8 Å². The third-order valence-electron chi connectivity index (χ3n) is 7.39. The van der Waals surface area contributed by atoms with Gasteiger partial charge in [-0.3, -0.25) is 19.3 Å². The number of rotatable bonds is 3. The summed E-state index contributed by atoms with van der Waals surface area (Å²) in [5.74, 6) is -4.57. The summed E-state index contributed by atoms with van der Waals surface area (Å²) >= 11 is 25.0. The van der Waals surface area contributed by atoms with Crippen LogP contribution in [0.5, 0.6) is 0 Å². The van der Waals surface area contributed by atoms with E-state index in [4.69, 9.17) is 46.4 Å². The lowest BCUT2D eigenvalue weighted by molar-refractivity contribution is -0.152. The Morgan fingerprint density at radius 3 is 2.37 bits per heavy atom. The molecule has 1 spiro atoms. The number of carboxylic acids is 1. The molecule has 2 saturated heterocycles. The van der Waals surface area contributed by atoms with E-state index in [-0.39, 0.29) is 10.0 Å². The smallest absolute Gasteiger partial charge is 0.310 e. The van der Waals surface area contributed by atoms with Crippen molar-refractivity contribution in [3.05, 3.63) is 56.0 Å². The summed E-state index contributed by atoms with van der Waals surface area (Å²) in [6.45, 7) is 0.460. The minimum Gasteiger partial charge on any atom is -0.481 e. The number of anilines is 2. The predicted molar refractivity (Wildman–Crippen MR) is 136 cm³/mol. The van der Waals surface area contributed by atoms with Crippen molar-refractivity contribution in [1.29, 1.82) is 0 Å². The predicted octanol–water partition coefficient (Wildman–Crippen LogP) is 5.30. The Bertz CT molecular complexity index is 1250. The van der Waals surface area contributed by atoms with E-state index in [1.807, 2.05) is 4.90 Å². The SMILES string of the molecule is CN(C(=O)[C@H]1[C@H]2CCCCN2[C@]2(C(=O)Nc3c(Cl)cc(Cl)cc32)[C@H]1C(=O)O)c1cc(Cl)cc(Cl)c1. The van der Waals surface area contributed by atoms with E-state index < -0.39 is 41.2 Å². The number of benzene rings is 2. The highest BCUT2D eigenvalue weighted by Crippen LogP contribution is 2.59. The lowest BCUT2D eigenvalue weighted by Gasteiger charge is -2.40. The molecule has 2 aromatic rings. The first-order chi connectivity index (χ1) is 16.6. The number of nitrogens with zero attached hydrogens (tertiary/aromatic N) is 2. The maximum Gasteiger partial charge on any atom is 0.310 e. The molecule has 2 aromatic carbocycles. The molecule has 7 nitrogen and oxygen atoms in total. The van der Waals surface area contributed by atoms with Gasteiger partial charge in [-0.1, -0.05) is 52.8 Å². The van der Waals surface area contributed by atoms with Crippen molar-refractivity contribution in [2.24, 2.45) is 11.8 Å². The number of piperidine rings is 1. The van der Waals surface area contributed by atoms with Crippen LogP contribution in [-0.2, 0) is 19.9 Å². The first-order valence-corrected chi connectivity index (χ1v) is 12.6. The van der Waals surface area contributed by atoms with Crippen LogP contribution in [-0.4, -0.2) is 47.4 Å². The lowest BCUT2D eigenvalue weighted by Crippen LogP contribution is -2.55. The average Bonchev–Trinajstić information content (AvgIpc) is 3.26. The van der Waals surface area contributed by atoms with E-state index in [0.29, 0.717) is 39.9 Å².